The predicted octanol–water partition coefficient (Wildman–Crippen LogP) is 3.90. The number of furan rings is 1. The smallest absolute Gasteiger partial charge is 0.269 e. The van der Waals surface area contributed by atoms with Gasteiger partial charge in [-0.25, -0.2) is 0 Å². The van der Waals surface area contributed by atoms with E-state index in [2.05, 4.69) is 4.90 Å². The SMILES string of the molecule is Cc1ccc(CN(Cc2ccccc2)C(=O)CN(CCN2CCOCC2)C(=O)C=Cc2ccc([N+](=O)[O-])cc2)o1. The predicted molar refractivity (Wildman–Crippen MR) is 150 cm³/mol. The number of non-ortho nitro benzene ring substituents is 1. The lowest BCUT2D eigenvalue weighted by molar-refractivity contribution is -0.384. The Hall–Kier alpha value is -4.28. The van der Waals surface area contributed by atoms with E-state index in [0.29, 0.717) is 44.2 Å². The van der Waals surface area contributed by atoms with Crippen molar-refractivity contribution >= 4 is 23.6 Å². The third-order valence-corrected chi connectivity index (χ3v) is 6.66. The summed E-state index contributed by atoms with van der Waals surface area (Å²) in [6.45, 7) is 6.23. The van der Waals surface area contributed by atoms with Crippen LogP contribution in [0.3, 0.4) is 0 Å². The van der Waals surface area contributed by atoms with Crippen molar-refractivity contribution < 1.29 is 23.7 Å². The van der Waals surface area contributed by atoms with Gasteiger partial charge in [0.1, 0.15) is 18.1 Å². The Bertz CT molecular complexity index is 1300. The number of ether oxygens (including phenoxy) is 1. The van der Waals surface area contributed by atoms with Crippen LogP contribution < -0.4 is 0 Å². The van der Waals surface area contributed by atoms with Gasteiger partial charge in [-0.3, -0.25) is 24.6 Å². The molecular formula is C30H34N4O6. The first-order valence-electron chi connectivity index (χ1n) is 13.3. The van der Waals surface area contributed by atoms with Crippen molar-refractivity contribution in [2.75, 3.05) is 45.9 Å². The van der Waals surface area contributed by atoms with Gasteiger partial charge in [-0.2, -0.15) is 0 Å². The molecule has 1 aromatic heterocycles. The van der Waals surface area contributed by atoms with Gasteiger partial charge in [-0.05, 0) is 48.4 Å². The van der Waals surface area contributed by atoms with Crippen molar-refractivity contribution in [2.45, 2.75) is 20.0 Å². The zero-order valence-corrected chi connectivity index (χ0v) is 22.6. The monoisotopic (exact) mass is 546 g/mol. The molecular weight excluding hydrogens is 512 g/mol. The first-order valence-corrected chi connectivity index (χ1v) is 13.3. The van der Waals surface area contributed by atoms with Gasteiger partial charge >= 0.3 is 0 Å². The molecule has 1 aliphatic heterocycles. The highest BCUT2D eigenvalue weighted by atomic mass is 16.6. The van der Waals surface area contributed by atoms with E-state index in [4.69, 9.17) is 9.15 Å². The Morgan fingerprint density at radius 1 is 0.975 bits per heavy atom. The number of carbonyl (C=O) groups is 2. The van der Waals surface area contributed by atoms with Gasteiger partial charge in [-0.1, -0.05) is 30.3 Å². The van der Waals surface area contributed by atoms with Crippen LogP contribution in [-0.2, 0) is 27.4 Å². The molecule has 2 aromatic carbocycles. The highest BCUT2D eigenvalue weighted by Gasteiger charge is 2.23. The lowest BCUT2D eigenvalue weighted by Crippen LogP contribution is -2.46. The van der Waals surface area contributed by atoms with Crippen LogP contribution >= 0.6 is 0 Å². The summed E-state index contributed by atoms with van der Waals surface area (Å²) < 4.78 is 11.2. The second kappa shape index (κ2) is 14.2. The first-order chi connectivity index (χ1) is 19.4. The number of nitrogens with zero attached hydrogens (tertiary/aromatic N) is 4. The van der Waals surface area contributed by atoms with Crippen LogP contribution in [0, 0.1) is 17.0 Å². The van der Waals surface area contributed by atoms with E-state index in [9.17, 15) is 19.7 Å². The number of hydrogen-bond acceptors (Lipinski definition) is 7. The number of morpholine rings is 1. The second-order valence-electron chi connectivity index (χ2n) is 9.64. The quantitative estimate of drug-likeness (QED) is 0.193. The molecule has 0 spiro atoms. The Labute approximate surface area is 233 Å². The van der Waals surface area contributed by atoms with Gasteiger partial charge in [0.25, 0.3) is 5.69 Å². The molecule has 210 valence electrons. The maximum atomic E-state index is 13.7. The summed E-state index contributed by atoms with van der Waals surface area (Å²) in [5.41, 5.74) is 1.60. The van der Waals surface area contributed by atoms with Crippen LogP contribution in [0.25, 0.3) is 6.08 Å². The number of aryl methyl sites for hydroxylation is 1. The molecule has 1 aliphatic rings. The molecule has 2 amide bonds. The third kappa shape index (κ3) is 8.62. The topological polar surface area (TPSA) is 109 Å². The number of nitro groups is 1. The van der Waals surface area contributed by atoms with E-state index in [-0.39, 0.29) is 30.6 Å². The zero-order valence-electron chi connectivity index (χ0n) is 22.6. The van der Waals surface area contributed by atoms with E-state index < -0.39 is 4.92 Å². The van der Waals surface area contributed by atoms with Crippen LogP contribution in [0.4, 0.5) is 5.69 Å². The highest BCUT2D eigenvalue weighted by molar-refractivity contribution is 5.94. The fourth-order valence-electron chi connectivity index (χ4n) is 4.39. The van der Waals surface area contributed by atoms with Crippen LogP contribution in [-0.4, -0.2) is 77.4 Å². The summed E-state index contributed by atoms with van der Waals surface area (Å²) in [7, 11) is 0. The Kier molecular flexibility index (Phi) is 10.2. The maximum Gasteiger partial charge on any atom is 0.269 e. The molecule has 0 unspecified atom stereocenters. The van der Waals surface area contributed by atoms with Crippen molar-refractivity contribution in [3.05, 3.63) is 106 Å². The van der Waals surface area contributed by atoms with Crippen molar-refractivity contribution in [1.82, 2.24) is 14.7 Å². The van der Waals surface area contributed by atoms with Crippen LogP contribution in [0.2, 0.25) is 0 Å². The van der Waals surface area contributed by atoms with Gasteiger partial charge in [0.05, 0.1) is 24.7 Å². The number of nitro benzene ring substituents is 1. The first kappa shape index (κ1) is 28.7. The van der Waals surface area contributed by atoms with Gasteiger partial charge in [-0.15, -0.1) is 0 Å². The number of carbonyl (C=O) groups excluding carboxylic acids is 2. The molecule has 0 aliphatic carbocycles. The average molecular weight is 547 g/mol. The Morgan fingerprint density at radius 3 is 2.35 bits per heavy atom. The number of amides is 2. The summed E-state index contributed by atoms with van der Waals surface area (Å²) >= 11 is 0. The van der Waals surface area contributed by atoms with Crippen molar-refractivity contribution in [3.8, 4) is 0 Å². The minimum atomic E-state index is -0.469. The van der Waals surface area contributed by atoms with Gasteiger partial charge in [0.15, 0.2) is 0 Å². The number of rotatable bonds is 12. The lowest BCUT2D eigenvalue weighted by Gasteiger charge is -2.31. The molecule has 1 fully saturated rings. The molecule has 0 bridgehead atoms. The molecule has 2 heterocycles. The summed E-state index contributed by atoms with van der Waals surface area (Å²) in [4.78, 5) is 42.9. The standard InChI is InChI=1S/C30H34N4O6/c1-24-7-13-28(40-24)22-33(21-26-5-3-2-4-6-26)30(36)23-32(16-15-31-17-19-39-20-18-31)29(35)14-10-25-8-11-27(12-9-25)34(37)38/h2-14H,15-23H2,1H3. The second-order valence-corrected chi connectivity index (χ2v) is 9.64. The Balaban J connectivity index is 1.49. The molecule has 10 heteroatoms. The normalized spacial score (nSPS) is 13.8. The van der Waals surface area contributed by atoms with E-state index in [1.54, 1.807) is 28.0 Å². The Morgan fingerprint density at radius 2 is 1.70 bits per heavy atom. The van der Waals surface area contributed by atoms with E-state index in [1.807, 2.05) is 49.4 Å². The highest BCUT2D eigenvalue weighted by Crippen LogP contribution is 2.15. The van der Waals surface area contributed by atoms with Gasteiger partial charge in [0.2, 0.25) is 11.8 Å². The maximum absolute atomic E-state index is 13.7. The minimum Gasteiger partial charge on any atom is -0.464 e. The fourth-order valence-corrected chi connectivity index (χ4v) is 4.39. The summed E-state index contributed by atoms with van der Waals surface area (Å²) in [6.07, 6.45) is 3.01. The largest absolute Gasteiger partial charge is 0.464 e. The molecule has 0 radical (unpaired) electrons. The van der Waals surface area contributed by atoms with E-state index >= 15 is 0 Å². The van der Waals surface area contributed by atoms with Crippen LogP contribution in [0.15, 0.2) is 77.2 Å². The molecule has 0 atom stereocenters. The average Bonchev–Trinajstić information content (AvgIpc) is 3.39. The molecule has 3 aromatic rings. The molecule has 0 saturated carbocycles. The summed E-state index contributed by atoms with van der Waals surface area (Å²) in [5, 5.41) is 10.9. The minimum absolute atomic E-state index is 0.0218. The number of benzene rings is 2. The van der Waals surface area contributed by atoms with Crippen molar-refractivity contribution in [3.63, 3.8) is 0 Å². The molecule has 4 rings (SSSR count). The molecule has 1 saturated heterocycles. The van der Waals surface area contributed by atoms with Gasteiger partial charge < -0.3 is 19.0 Å². The molecule has 40 heavy (non-hydrogen) atoms. The van der Waals surface area contributed by atoms with Crippen LogP contribution in [0.1, 0.15) is 22.6 Å². The van der Waals surface area contributed by atoms with Crippen molar-refractivity contribution in [1.29, 1.82) is 0 Å². The molecule has 10 nitrogen and oxygen atoms in total. The van der Waals surface area contributed by atoms with Gasteiger partial charge in [0, 0.05) is 50.9 Å². The third-order valence-electron chi connectivity index (χ3n) is 6.66. The summed E-state index contributed by atoms with van der Waals surface area (Å²) in [6, 6.07) is 19.4. The number of hydrogen-bond donors (Lipinski definition) is 0. The van der Waals surface area contributed by atoms with Crippen LogP contribution in [0.5, 0.6) is 0 Å². The fraction of sp³-hybridized carbons (Fsp3) is 0.333. The van der Waals surface area contributed by atoms with E-state index in [1.165, 1.54) is 18.2 Å². The van der Waals surface area contributed by atoms with E-state index in [0.717, 1.165) is 24.4 Å². The zero-order chi connectivity index (χ0) is 28.3. The molecule has 0 N–H and O–H groups in total. The summed E-state index contributed by atoms with van der Waals surface area (Å²) in [5.74, 6) is 0.928. The lowest BCUT2D eigenvalue weighted by atomic mass is 10.2. The van der Waals surface area contributed by atoms with Crippen molar-refractivity contribution in [2.24, 2.45) is 0 Å².